The molecule has 1 unspecified atom stereocenters. The molecule has 110 valence electrons. The standard InChI is InChI=1S/C16H17NO4/c1-16(18,13-5-9-15(21-2)10-6-13)11-12-3-7-14(8-4-12)17(19)20/h3-10,18H,11H2,1-2H3. The van der Waals surface area contributed by atoms with Crippen LogP contribution in [0.25, 0.3) is 0 Å². The van der Waals surface area contributed by atoms with Crippen molar-refractivity contribution in [2.75, 3.05) is 7.11 Å². The minimum Gasteiger partial charge on any atom is -0.497 e. The SMILES string of the molecule is COc1ccc(C(C)(O)Cc2ccc([N+](=O)[O-])cc2)cc1. The average Bonchev–Trinajstić information content (AvgIpc) is 2.47. The molecule has 1 N–H and O–H groups in total. The molecule has 0 aliphatic heterocycles. The molecule has 5 heteroatoms. The van der Waals surface area contributed by atoms with Crippen molar-refractivity contribution in [1.82, 2.24) is 0 Å². The Bertz CT molecular complexity index is 618. The van der Waals surface area contributed by atoms with E-state index < -0.39 is 10.5 Å². The smallest absolute Gasteiger partial charge is 0.269 e. The molecule has 21 heavy (non-hydrogen) atoms. The number of aliphatic hydroxyl groups is 1. The Morgan fingerprint density at radius 3 is 2.19 bits per heavy atom. The molecule has 2 aromatic rings. The number of non-ortho nitro benzene ring substituents is 1. The topological polar surface area (TPSA) is 72.6 Å². The molecule has 0 aliphatic rings. The molecule has 5 nitrogen and oxygen atoms in total. The third kappa shape index (κ3) is 3.58. The zero-order valence-corrected chi connectivity index (χ0v) is 11.9. The maximum absolute atomic E-state index is 10.6. The van der Waals surface area contributed by atoms with Gasteiger partial charge in [-0.3, -0.25) is 10.1 Å². The molecular weight excluding hydrogens is 270 g/mol. The second kappa shape index (κ2) is 5.93. The van der Waals surface area contributed by atoms with Crippen molar-refractivity contribution in [3.05, 3.63) is 69.8 Å². The Balaban J connectivity index is 2.17. The summed E-state index contributed by atoms with van der Waals surface area (Å²) in [6, 6.07) is 13.4. The van der Waals surface area contributed by atoms with Crippen LogP contribution >= 0.6 is 0 Å². The van der Waals surface area contributed by atoms with Crippen molar-refractivity contribution in [3.8, 4) is 5.75 Å². The van der Waals surface area contributed by atoms with Crippen LogP contribution in [0.1, 0.15) is 18.1 Å². The summed E-state index contributed by atoms with van der Waals surface area (Å²) in [6.45, 7) is 1.72. The van der Waals surface area contributed by atoms with E-state index >= 15 is 0 Å². The molecule has 0 spiro atoms. The molecule has 0 saturated carbocycles. The second-order valence-electron chi connectivity index (χ2n) is 5.10. The fourth-order valence-electron chi connectivity index (χ4n) is 2.19. The van der Waals surface area contributed by atoms with Crippen molar-refractivity contribution in [1.29, 1.82) is 0 Å². The molecule has 0 bridgehead atoms. The Morgan fingerprint density at radius 1 is 1.14 bits per heavy atom. The van der Waals surface area contributed by atoms with Gasteiger partial charge in [-0.05, 0) is 30.2 Å². The van der Waals surface area contributed by atoms with Gasteiger partial charge >= 0.3 is 0 Å². The van der Waals surface area contributed by atoms with E-state index in [1.807, 2.05) is 12.1 Å². The van der Waals surface area contributed by atoms with E-state index in [4.69, 9.17) is 4.74 Å². The van der Waals surface area contributed by atoms with Gasteiger partial charge in [-0.2, -0.15) is 0 Å². The fraction of sp³-hybridized carbons (Fsp3) is 0.250. The van der Waals surface area contributed by atoms with Crippen molar-refractivity contribution in [2.45, 2.75) is 18.9 Å². The van der Waals surface area contributed by atoms with Crippen LogP contribution in [0.3, 0.4) is 0 Å². The number of ether oxygens (including phenoxy) is 1. The zero-order valence-electron chi connectivity index (χ0n) is 11.9. The summed E-state index contributed by atoms with van der Waals surface area (Å²) in [6.07, 6.45) is 0.372. The van der Waals surface area contributed by atoms with Crippen molar-refractivity contribution >= 4 is 5.69 Å². The maximum atomic E-state index is 10.6. The largest absolute Gasteiger partial charge is 0.497 e. The van der Waals surface area contributed by atoms with E-state index in [1.54, 1.807) is 38.3 Å². The van der Waals surface area contributed by atoms with E-state index in [2.05, 4.69) is 0 Å². The van der Waals surface area contributed by atoms with Gasteiger partial charge in [0.25, 0.3) is 5.69 Å². The van der Waals surface area contributed by atoms with E-state index in [0.29, 0.717) is 6.42 Å². The fourth-order valence-corrected chi connectivity index (χ4v) is 2.19. The molecule has 0 heterocycles. The van der Waals surface area contributed by atoms with Crippen molar-refractivity contribution in [3.63, 3.8) is 0 Å². The number of nitrogens with zero attached hydrogens (tertiary/aromatic N) is 1. The summed E-state index contributed by atoms with van der Waals surface area (Å²) in [5.74, 6) is 0.727. The molecule has 0 amide bonds. The molecule has 2 rings (SSSR count). The lowest BCUT2D eigenvalue weighted by Gasteiger charge is -2.24. The summed E-state index contributed by atoms with van der Waals surface area (Å²) < 4.78 is 5.09. The zero-order chi connectivity index (χ0) is 15.5. The predicted molar refractivity (Wildman–Crippen MR) is 79.4 cm³/mol. The first-order chi connectivity index (χ1) is 9.92. The number of benzene rings is 2. The highest BCUT2D eigenvalue weighted by Crippen LogP contribution is 2.27. The van der Waals surface area contributed by atoms with Crippen molar-refractivity contribution in [2.24, 2.45) is 0 Å². The van der Waals surface area contributed by atoms with Crippen LogP contribution in [0.2, 0.25) is 0 Å². The lowest BCUT2D eigenvalue weighted by atomic mass is 9.89. The van der Waals surface area contributed by atoms with Gasteiger partial charge in [0.2, 0.25) is 0 Å². The van der Waals surface area contributed by atoms with E-state index in [9.17, 15) is 15.2 Å². The second-order valence-corrected chi connectivity index (χ2v) is 5.10. The molecule has 0 radical (unpaired) electrons. The number of hydrogen-bond donors (Lipinski definition) is 1. The summed E-state index contributed by atoms with van der Waals surface area (Å²) in [4.78, 5) is 10.2. The van der Waals surface area contributed by atoms with E-state index in [-0.39, 0.29) is 5.69 Å². The highest BCUT2D eigenvalue weighted by molar-refractivity contribution is 5.35. The van der Waals surface area contributed by atoms with E-state index in [1.165, 1.54) is 12.1 Å². The minimum absolute atomic E-state index is 0.0443. The lowest BCUT2D eigenvalue weighted by Crippen LogP contribution is -2.24. The van der Waals surface area contributed by atoms with Gasteiger partial charge in [-0.15, -0.1) is 0 Å². The molecule has 0 saturated heterocycles. The van der Waals surface area contributed by atoms with Crippen LogP contribution in [0.15, 0.2) is 48.5 Å². The van der Waals surface area contributed by atoms with Gasteiger partial charge in [-0.25, -0.2) is 0 Å². The average molecular weight is 287 g/mol. The lowest BCUT2D eigenvalue weighted by molar-refractivity contribution is -0.384. The van der Waals surface area contributed by atoms with Gasteiger partial charge in [0.05, 0.1) is 17.6 Å². The number of hydrogen-bond acceptors (Lipinski definition) is 4. The highest BCUT2D eigenvalue weighted by atomic mass is 16.6. The van der Waals surface area contributed by atoms with Crippen LogP contribution in [0.5, 0.6) is 5.75 Å². The molecular formula is C16H17NO4. The van der Waals surface area contributed by atoms with E-state index in [0.717, 1.165) is 16.9 Å². The summed E-state index contributed by atoms with van der Waals surface area (Å²) in [5.41, 5.74) is 0.591. The number of nitro groups is 1. The Hall–Kier alpha value is -2.40. The number of rotatable bonds is 5. The van der Waals surface area contributed by atoms with Crippen LogP contribution in [-0.2, 0) is 12.0 Å². The third-order valence-corrected chi connectivity index (χ3v) is 3.41. The first-order valence-electron chi connectivity index (χ1n) is 6.52. The Labute approximate surface area is 123 Å². The molecule has 0 fully saturated rings. The highest BCUT2D eigenvalue weighted by Gasteiger charge is 2.23. The van der Waals surface area contributed by atoms with Crippen LogP contribution in [-0.4, -0.2) is 17.1 Å². The molecule has 0 aromatic heterocycles. The number of nitro benzene ring substituents is 1. The summed E-state index contributed by atoms with van der Waals surface area (Å²) in [5, 5.41) is 21.2. The monoisotopic (exact) mass is 287 g/mol. The van der Waals surface area contributed by atoms with Crippen LogP contribution < -0.4 is 4.74 Å². The van der Waals surface area contributed by atoms with Gasteiger partial charge < -0.3 is 9.84 Å². The molecule has 1 atom stereocenters. The summed E-state index contributed by atoms with van der Waals surface area (Å²) in [7, 11) is 1.59. The molecule has 2 aromatic carbocycles. The Morgan fingerprint density at radius 2 is 1.71 bits per heavy atom. The van der Waals surface area contributed by atoms with Crippen molar-refractivity contribution < 1.29 is 14.8 Å². The quantitative estimate of drug-likeness (QED) is 0.677. The van der Waals surface area contributed by atoms with Gasteiger partial charge in [0, 0.05) is 18.6 Å². The maximum Gasteiger partial charge on any atom is 0.269 e. The third-order valence-electron chi connectivity index (χ3n) is 3.41. The first-order valence-corrected chi connectivity index (χ1v) is 6.52. The Kier molecular flexibility index (Phi) is 4.23. The van der Waals surface area contributed by atoms with Crippen LogP contribution in [0.4, 0.5) is 5.69 Å². The minimum atomic E-state index is -1.05. The number of methoxy groups -OCH3 is 1. The molecule has 0 aliphatic carbocycles. The van der Waals surface area contributed by atoms with Crippen LogP contribution in [0, 0.1) is 10.1 Å². The first kappa shape index (κ1) is 15.0. The summed E-state index contributed by atoms with van der Waals surface area (Å²) >= 11 is 0. The predicted octanol–water partition coefficient (Wildman–Crippen LogP) is 3.05. The van der Waals surface area contributed by atoms with Gasteiger partial charge in [0.15, 0.2) is 0 Å². The normalized spacial score (nSPS) is 13.5. The van der Waals surface area contributed by atoms with Gasteiger partial charge in [0.1, 0.15) is 5.75 Å². The van der Waals surface area contributed by atoms with Gasteiger partial charge in [-0.1, -0.05) is 24.3 Å².